The van der Waals surface area contributed by atoms with Crippen LogP contribution >= 0.6 is 11.6 Å². The Bertz CT molecular complexity index is 2190. The molecule has 0 unspecified atom stereocenters. The van der Waals surface area contributed by atoms with E-state index in [-0.39, 0.29) is 23.3 Å². The van der Waals surface area contributed by atoms with Gasteiger partial charge in [-0.05, 0) is 45.2 Å². The van der Waals surface area contributed by atoms with E-state index in [1.54, 1.807) is 56.0 Å². The number of nitrogens with two attached hydrogens (primary N) is 1. The lowest BCUT2D eigenvalue weighted by atomic mass is 9.79. The van der Waals surface area contributed by atoms with Crippen molar-refractivity contribution in [2.45, 2.75) is 70.2 Å². The number of alkyl halides is 2. The molecule has 11 nitrogen and oxygen atoms in total. The van der Waals surface area contributed by atoms with Crippen LogP contribution in [0.5, 0.6) is 28.7 Å². The molecule has 3 aromatic carbocycles. The van der Waals surface area contributed by atoms with Crippen molar-refractivity contribution in [2.24, 2.45) is 5.73 Å². The summed E-state index contributed by atoms with van der Waals surface area (Å²) in [6, 6.07) is 10.4. The lowest BCUT2D eigenvalue weighted by Crippen LogP contribution is -2.53. The smallest absolute Gasteiger partial charge is 0.410 e. The Morgan fingerprint density at radius 3 is 2.46 bits per heavy atom. The molecule has 1 saturated heterocycles. The summed E-state index contributed by atoms with van der Waals surface area (Å²) < 4.78 is 82.9. The first-order valence-corrected chi connectivity index (χ1v) is 16.6. The molecule has 52 heavy (non-hydrogen) atoms. The molecule has 7 rings (SSSR count). The highest BCUT2D eigenvalue weighted by Gasteiger charge is 2.54. The number of carbonyl (C=O) groups excluding carboxylic acids is 2. The van der Waals surface area contributed by atoms with E-state index in [0.29, 0.717) is 29.6 Å². The second-order valence-corrected chi connectivity index (χ2v) is 14.0. The normalized spacial score (nSPS) is 18.9. The number of hydrogen-bond donors (Lipinski definition) is 1. The third-order valence-corrected chi connectivity index (χ3v) is 9.47. The number of hydrogen-bond acceptors (Lipinski definition) is 8. The number of ether oxygens (including phenoxy) is 4. The first-order chi connectivity index (χ1) is 24.6. The average Bonchev–Trinajstić information content (AvgIpc) is 3.73. The molecule has 16 heteroatoms. The summed E-state index contributed by atoms with van der Waals surface area (Å²) in [4.78, 5) is 40.9. The molecule has 0 spiro atoms. The molecule has 2 amide bonds. The van der Waals surface area contributed by atoms with Gasteiger partial charge in [-0.2, -0.15) is 5.10 Å². The fourth-order valence-corrected chi connectivity index (χ4v) is 7.30. The fourth-order valence-electron chi connectivity index (χ4n) is 7.03. The second kappa shape index (κ2) is 12.7. The maximum absolute atomic E-state index is 16.9. The number of carbonyl (C=O) groups is 2. The van der Waals surface area contributed by atoms with E-state index in [0.717, 1.165) is 18.3 Å². The quantitative estimate of drug-likeness (QED) is 0.179. The van der Waals surface area contributed by atoms with Crippen LogP contribution in [0.3, 0.4) is 0 Å². The lowest BCUT2D eigenvalue weighted by molar-refractivity contribution is -0.0216. The monoisotopic (exact) mass is 742 g/mol. The van der Waals surface area contributed by atoms with E-state index in [9.17, 15) is 23.2 Å². The topological polar surface area (TPSA) is 135 Å². The van der Waals surface area contributed by atoms with Gasteiger partial charge in [-0.1, -0.05) is 41.9 Å². The average molecular weight is 743 g/mol. The number of primary amides is 1. The Balaban J connectivity index is 1.39. The van der Waals surface area contributed by atoms with Crippen molar-refractivity contribution in [1.29, 1.82) is 0 Å². The number of aromatic nitrogens is 2. The van der Waals surface area contributed by atoms with Crippen molar-refractivity contribution in [3.05, 3.63) is 92.4 Å². The van der Waals surface area contributed by atoms with Gasteiger partial charge in [0.15, 0.2) is 22.9 Å². The van der Waals surface area contributed by atoms with Crippen LogP contribution in [0.25, 0.3) is 11.1 Å². The molecular weight excluding hydrogens is 712 g/mol. The summed E-state index contributed by atoms with van der Waals surface area (Å²) in [5.41, 5.74) is 2.03. The summed E-state index contributed by atoms with van der Waals surface area (Å²) in [5, 5.41) is 3.09. The van der Waals surface area contributed by atoms with Crippen molar-refractivity contribution >= 4 is 23.6 Å². The van der Waals surface area contributed by atoms with Gasteiger partial charge in [0.2, 0.25) is 17.4 Å². The van der Waals surface area contributed by atoms with E-state index in [1.165, 1.54) is 0 Å². The van der Waals surface area contributed by atoms with E-state index in [4.69, 9.17) is 36.3 Å². The molecule has 0 saturated carbocycles. The van der Waals surface area contributed by atoms with Gasteiger partial charge in [0.05, 0.1) is 22.8 Å². The van der Waals surface area contributed by atoms with Gasteiger partial charge in [-0.3, -0.25) is 9.59 Å². The number of benzene rings is 3. The Hall–Kier alpha value is -5.31. The molecule has 272 valence electrons. The zero-order valence-corrected chi connectivity index (χ0v) is 28.7. The van der Waals surface area contributed by atoms with Gasteiger partial charge in [0, 0.05) is 35.7 Å². The second-order valence-electron chi connectivity index (χ2n) is 13.6. The maximum Gasteiger partial charge on any atom is 0.410 e. The molecule has 1 fully saturated rings. The SMILES string of the molecule is CC(C)(C)OC(=O)N1CCC[C@H]1[C@@]1(c2ccccc2)Cc2c(cc(F)c(Cl)c2-c2c(C(N)=O)cc3c(c2F)Oc2cnn(CC(F)F)c(=O)c2O3)O1. The van der Waals surface area contributed by atoms with Crippen LogP contribution in [-0.2, 0) is 23.3 Å². The number of halogens is 5. The van der Waals surface area contributed by atoms with Gasteiger partial charge in [-0.25, -0.2) is 27.0 Å². The molecule has 3 aliphatic rings. The van der Waals surface area contributed by atoms with Crippen LogP contribution in [-0.4, -0.2) is 51.3 Å². The summed E-state index contributed by atoms with van der Waals surface area (Å²) >= 11 is 6.63. The largest absolute Gasteiger partial charge is 0.480 e. The summed E-state index contributed by atoms with van der Waals surface area (Å²) in [5.74, 6) is -5.54. The molecule has 0 aliphatic carbocycles. The Labute approximate surface area is 298 Å². The molecule has 0 radical (unpaired) electrons. The fraction of sp³-hybridized carbons (Fsp3) is 0.333. The predicted molar refractivity (Wildman–Crippen MR) is 178 cm³/mol. The van der Waals surface area contributed by atoms with Crippen LogP contribution in [0, 0.1) is 11.6 Å². The van der Waals surface area contributed by atoms with Gasteiger partial charge in [-0.15, -0.1) is 0 Å². The zero-order valence-electron chi connectivity index (χ0n) is 28.0. The van der Waals surface area contributed by atoms with Gasteiger partial charge >= 0.3 is 11.7 Å². The third-order valence-electron chi connectivity index (χ3n) is 9.10. The number of amides is 2. The maximum atomic E-state index is 16.9. The van der Waals surface area contributed by atoms with Crippen LogP contribution < -0.4 is 25.5 Å². The Kier molecular flexibility index (Phi) is 8.59. The zero-order chi connectivity index (χ0) is 37.3. The minimum absolute atomic E-state index is 0.0179. The highest BCUT2D eigenvalue weighted by Crippen LogP contribution is 2.55. The minimum atomic E-state index is -2.92. The first kappa shape index (κ1) is 35.1. The molecule has 4 aromatic rings. The van der Waals surface area contributed by atoms with E-state index >= 15 is 8.78 Å². The Morgan fingerprint density at radius 2 is 1.79 bits per heavy atom. The molecule has 2 atom stereocenters. The summed E-state index contributed by atoms with van der Waals surface area (Å²) in [7, 11) is 0. The van der Waals surface area contributed by atoms with E-state index in [2.05, 4.69) is 5.10 Å². The summed E-state index contributed by atoms with van der Waals surface area (Å²) in [6.45, 7) is 4.55. The lowest BCUT2D eigenvalue weighted by Gasteiger charge is -2.40. The molecule has 3 aliphatic heterocycles. The van der Waals surface area contributed by atoms with Crippen molar-refractivity contribution in [3.8, 4) is 39.9 Å². The van der Waals surface area contributed by atoms with Crippen LogP contribution in [0.1, 0.15) is 55.1 Å². The molecule has 0 bridgehead atoms. The van der Waals surface area contributed by atoms with Crippen LogP contribution in [0.2, 0.25) is 5.02 Å². The number of nitrogens with zero attached hydrogens (tertiary/aromatic N) is 3. The molecular formula is C36H31ClF4N4O7. The molecule has 4 heterocycles. The number of likely N-dealkylation sites (tertiary alicyclic amines) is 1. The van der Waals surface area contributed by atoms with Gasteiger partial charge < -0.3 is 29.6 Å². The van der Waals surface area contributed by atoms with Crippen LogP contribution in [0.4, 0.5) is 22.4 Å². The van der Waals surface area contributed by atoms with Crippen molar-refractivity contribution < 1.29 is 46.1 Å². The number of fused-ring (bicyclic) bond motifs is 3. The van der Waals surface area contributed by atoms with E-state index < -0.39 is 98.6 Å². The molecule has 1 aromatic heterocycles. The highest BCUT2D eigenvalue weighted by molar-refractivity contribution is 6.34. The number of rotatable bonds is 6. The molecule has 2 N–H and O–H groups in total. The Morgan fingerprint density at radius 1 is 1.08 bits per heavy atom. The van der Waals surface area contributed by atoms with E-state index in [1.807, 2.05) is 0 Å². The van der Waals surface area contributed by atoms with Crippen molar-refractivity contribution in [3.63, 3.8) is 0 Å². The third kappa shape index (κ3) is 5.86. The van der Waals surface area contributed by atoms with Gasteiger partial charge in [0.1, 0.15) is 23.7 Å². The van der Waals surface area contributed by atoms with Crippen molar-refractivity contribution in [2.75, 3.05) is 6.54 Å². The van der Waals surface area contributed by atoms with Crippen molar-refractivity contribution in [1.82, 2.24) is 14.7 Å². The minimum Gasteiger partial charge on any atom is -0.480 e. The highest BCUT2D eigenvalue weighted by atomic mass is 35.5. The van der Waals surface area contributed by atoms with Crippen LogP contribution in [0.15, 0.2) is 53.5 Å². The first-order valence-electron chi connectivity index (χ1n) is 16.2. The standard InChI is InChI=1S/C36H31ClF4N4O7/c1-35(2,3)52-34(48)44-11-7-10-24(44)36(17-8-5-4-6-9-17)14-19-21(51-36)13-20(38)28(37)26(19)27-18(32(42)46)12-22-30(29(27)41)50-23-15-43-45(16-25(39)40)33(47)31(23)49-22/h4-6,8-9,12-13,15,24-25H,7,10-11,14,16H2,1-3H3,(H2,42,46)/t24-,36-/m0/s1. The predicted octanol–water partition coefficient (Wildman–Crippen LogP) is 7.33. The summed E-state index contributed by atoms with van der Waals surface area (Å²) in [6.07, 6.45) is -1.57. The van der Waals surface area contributed by atoms with Gasteiger partial charge in [0.25, 0.3) is 6.43 Å².